The highest BCUT2D eigenvalue weighted by molar-refractivity contribution is 4.87. The fourth-order valence-corrected chi connectivity index (χ4v) is 0.444. The molecule has 0 aliphatic heterocycles. The number of hydrogen-bond acceptors (Lipinski definition) is 2. The summed E-state index contributed by atoms with van der Waals surface area (Å²) in [6, 6.07) is 0. The van der Waals surface area contributed by atoms with Crippen molar-refractivity contribution < 1.29 is 5.11 Å². The molecule has 0 aliphatic carbocycles. The van der Waals surface area contributed by atoms with Gasteiger partial charge in [-0.15, -0.1) is 12.3 Å². The number of aliphatic hydroxyl groups is 1. The second-order valence-electron chi connectivity index (χ2n) is 1.62. The van der Waals surface area contributed by atoms with E-state index in [2.05, 4.69) is 11.2 Å². The van der Waals surface area contributed by atoms with Gasteiger partial charge in [0.2, 0.25) is 0 Å². The lowest BCUT2D eigenvalue weighted by atomic mass is 10.3. The van der Waals surface area contributed by atoms with Gasteiger partial charge in [0.05, 0.1) is 6.10 Å². The molecule has 0 aliphatic rings. The quantitative estimate of drug-likeness (QED) is 0.488. The Labute approximate surface area is 49.9 Å². The van der Waals surface area contributed by atoms with Crippen LogP contribution in [-0.4, -0.2) is 24.8 Å². The van der Waals surface area contributed by atoms with Crippen molar-refractivity contribution in [2.45, 2.75) is 12.5 Å². The third-order valence-corrected chi connectivity index (χ3v) is 0.793. The molecule has 0 fully saturated rings. The molecule has 0 radical (unpaired) electrons. The molecule has 0 bridgehead atoms. The summed E-state index contributed by atoms with van der Waals surface area (Å²) in [6.45, 7) is 0.574. The van der Waals surface area contributed by atoms with E-state index in [9.17, 15) is 0 Å². The number of likely N-dealkylation sites (N-methyl/N-ethyl adjacent to an activating group) is 1. The van der Waals surface area contributed by atoms with Crippen LogP contribution in [0.3, 0.4) is 0 Å². The lowest BCUT2D eigenvalue weighted by Gasteiger charge is -2.02. The van der Waals surface area contributed by atoms with Gasteiger partial charge in [-0.2, -0.15) is 0 Å². The Morgan fingerprint density at radius 3 is 2.88 bits per heavy atom. The Balaban J connectivity index is 3.08. The summed E-state index contributed by atoms with van der Waals surface area (Å²) < 4.78 is 0. The monoisotopic (exact) mass is 113 g/mol. The van der Waals surface area contributed by atoms with Crippen LogP contribution in [-0.2, 0) is 0 Å². The lowest BCUT2D eigenvalue weighted by Crippen LogP contribution is -2.22. The Bertz CT molecular complexity index is 85.0. The van der Waals surface area contributed by atoms with Crippen LogP contribution in [0.15, 0.2) is 0 Å². The number of rotatable bonds is 3. The molecule has 0 saturated heterocycles. The first-order valence-electron chi connectivity index (χ1n) is 2.57. The van der Waals surface area contributed by atoms with Crippen LogP contribution in [0.1, 0.15) is 6.42 Å². The average Bonchev–Trinajstić information content (AvgIpc) is 1.68. The van der Waals surface area contributed by atoms with Gasteiger partial charge >= 0.3 is 0 Å². The summed E-state index contributed by atoms with van der Waals surface area (Å²) >= 11 is 0. The molecule has 0 saturated carbocycles. The zero-order valence-corrected chi connectivity index (χ0v) is 5.02. The lowest BCUT2D eigenvalue weighted by molar-refractivity contribution is 0.180. The molecular weight excluding hydrogens is 102 g/mol. The molecule has 0 amide bonds. The number of aliphatic hydroxyl groups excluding tert-OH is 1. The van der Waals surface area contributed by atoms with Crippen molar-refractivity contribution in [1.29, 1.82) is 0 Å². The van der Waals surface area contributed by atoms with Crippen LogP contribution in [0.2, 0.25) is 0 Å². The Morgan fingerprint density at radius 1 is 1.88 bits per heavy atom. The van der Waals surface area contributed by atoms with E-state index in [1.165, 1.54) is 0 Å². The van der Waals surface area contributed by atoms with Gasteiger partial charge in [0.1, 0.15) is 0 Å². The second-order valence-corrected chi connectivity index (χ2v) is 1.62. The zero-order chi connectivity index (χ0) is 6.41. The summed E-state index contributed by atoms with van der Waals surface area (Å²) in [6.07, 6.45) is 4.97. The van der Waals surface area contributed by atoms with Crippen LogP contribution >= 0.6 is 0 Å². The molecule has 0 spiro atoms. The largest absolute Gasteiger partial charge is 0.391 e. The molecule has 2 N–H and O–H groups in total. The smallest absolute Gasteiger partial charge is 0.0773 e. The summed E-state index contributed by atoms with van der Waals surface area (Å²) in [4.78, 5) is 0. The molecule has 0 aromatic carbocycles. The van der Waals surface area contributed by atoms with Crippen molar-refractivity contribution in [2.24, 2.45) is 0 Å². The van der Waals surface area contributed by atoms with E-state index >= 15 is 0 Å². The van der Waals surface area contributed by atoms with E-state index in [1.807, 2.05) is 0 Å². The predicted molar refractivity (Wildman–Crippen MR) is 33.4 cm³/mol. The highest BCUT2D eigenvalue weighted by Gasteiger charge is 1.96. The number of nitrogens with one attached hydrogen (secondary N) is 1. The summed E-state index contributed by atoms with van der Waals surface area (Å²) in [5.74, 6) is 2.36. The molecule has 8 heavy (non-hydrogen) atoms. The van der Waals surface area contributed by atoms with Gasteiger partial charge in [0.15, 0.2) is 0 Å². The van der Waals surface area contributed by atoms with Gasteiger partial charge in [-0.05, 0) is 7.05 Å². The van der Waals surface area contributed by atoms with Crippen LogP contribution < -0.4 is 5.32 Å². The summed E-state index contributed by atoms with van der Waals surface area (Å²) in [5, 5.41) is 11.7. The maximum atomic E-state index is 8.84. The van der Waals surface area contributed by atoms with Gasteiger partial charge in [-0.1, -0.05) is 0 Å². The van der Waals surface area contributed by atoms with Gasteiger partial charge in [0, 0.05) is 13.0 Å². The van der Waals surface area contributed by atoms with E-state index in [0.29, 0.717) is 13.0 Å². The van der Waals surface area contributed by atoms with Crippen molar-refractivity contribution in [3.63, 3.8) is 0 Å². The third kappa shape index (κ3) is 3.66. The van der Waals surface area contributed by atoms with Crippen molar-refractivity contribution >= 4 is 0 Å². The van der Waals surface area contributed by atoms with Crippen molar-refractivity contribution in [1.82, 2.24) is 5.32 Å². The maximum absolute atomic E-state index is 8.84. The Hall–Kier alpha value is -0.520. The fraction of sp³-hybridized carbons (Fsp3) is 0.667. The summed E-state index contributed by atoms with van der Waals surface area (Å²) in [5.41, 5.74) is 0. The Kier molecular flexibility index (Phi) is 4.33. The predicted octanol–water partition coefficient (Wildman–Crippen LogP) is -0.410. The van der Waals surface area contributed by atoms with E-state index in [1.54, 1.807) is 7.05 Å². The molecule has 1 unspecified atom stereocenters. The van der Waals surface area contributed by atoms with E-state index in [4.69, 9.17) is 11.5 Å². The summed E-state index contributed by atoms with van der Waals surface area (Å²) in [7, 11) is 1.78. The van der Waals surface area contributed by atoms with Gasteiger partial charge < -0.3 is 10.4 Å². The minimum Gasteiger partial charge on any atom is -0.391 e. The standard InChI is InChI=1S/C6H11NO/c1-3-4-6(8)5-7-2/h1,6-8H,4-5H2,2H3. The SMILES string of the molecule is C#CCC(O)CNC. The van der Waals surface area contributed by atoms with Gasteiger partial charge in [0.25, 0.3) is 0 Å². The topological polar surface area (TPSA) is 32.3 Å². The zero-order valence-electron chi connectivity index (χ0n) is 5.02. The van der Waals surface area contributed by atoms with Gasteiger partial charge in [-0.3, -0.25) is 0 Å². The van der Waals surface area contributed by atoms with Crippen LogP contribution in [0, 0.1) is 12.3 Å². The third-order valence-electron chi connectivity index (χ3n) is 0.793. The molecule has 46 valence electrons. The highest BCUT2D eigenvalue weighted by atomic mass is 16.3. The Morgan fingerprint density at radius 2 is 2.50 bits per heavy atom. The average molecular weight is 113 g/mol. The van der Waals surface area contributed by atoms with Crippen molar-refractivity contribution in [2.75, 3.05) is 13.6 Å². The van der Waals surface area contributed by atoms with E-state index in [-0.39, 0.29) is 6.10 Å². The number of hydrogen-bond donors (Lipinski definition) is 2. The molecule has 2 nitrogen and oxygen atoms in total. The van der Waals surface area contributed by atoms with Crippen LogP contribution in [0.25, 0.3) is 0 Å². The molecule has 0 aromatic heterocycles. The van der Waals surface area contributed by atoms with Crippen molar-refractivity contribution in [3.8, 4) is 12.3 Å². The molecule has 1 atom stereocenters. The molecule has 0 heterocycles. The molecular formula is C6H11NO. The molecule has 0 aromatic rings. The van der Waals surface area contributed by atoms with E-state index < -0.39 is 0 Å². The van der Waals surface area contributed by atoms with Gasteiger partial charge in [-0.25, -0.2) is 0 Å². The first kappa shape index (κ1) is 7.48. The second kappa shape index (κ2) is 4.63. The molecule has 2 heteroatoms. The minimum absolute atomic E-state index is 0.384. The van der Waals surface area contributed by atoms with Crippen LogP contribution in [0.4, 0.5) is 0 Å². The maximum Gasteiger partial charge on any atom is 0.0773 e. The first-order chi connectivity index (χ1) is 3.81. The normalized spacial score (nSPS) is 12.6. The first-order valence-corrected chi connectivity index (χ1v) is 2.57. The number of terminal acetylenes is 1. The van der Waals surface area contributed by atoms with E-state index in [0.717, 1.165) is 0 Å². The fourth-order valence-electron chi connectivity index (χ4n) is 0.444. The highest BCUT2D eigenvalue weighted by Crippen LogP contribution is 1.84. The molecule has 0 rings (SSSR count). The van der Waals surface area contributed by atoms with Crippen LogP contribution in [0.5, 0.6) is 0 Å². The van der Waals surface area contributed by atoms with Crippen molar-refractivity contribution in [3.05, 3.63) is 0 Å². The minimum atomic E-state index is -0.384.